The van der Waals surface area contributed by atoms with Gasteiger partial charge in [0, 0.05) is 11.6 Å². The lowest BCUT2D eigenvalue weighted by molar-refractivity contribution is -0.0949. The van der Waals surface area contributed by atoms with Crippen LogP contribution in [0, 0.1) is 0 Å². The molecule has 0 bridgehead atoms. The molecule has 1 aromatic rings. The third-order valence-electron chi connectivity index (χ3n) is 3.71. The second-order valence-electron chi connectivity index (χ2n) is 7.09. The third kappa shape index (κ3) is 5.01. The fraction of sp³-hybridized carbons (Fsp3) is 0.588. The lowest BCUT2D eigenvalue weighted by Crippen LogP contribution is -2.58. The van der Waals surface area contributed by atoms with Gasteiger partial charge in [0.1, 0.15) is 23.1 Å². The number of carbonyl (C=O) groups is 1. The summed E-state index contributed by atoms with van der Waals surface area (Å²) in [5, 5.41) is 11.2. The number of piperidine rings is 1. The molecule has 0 aromatic heterocycles. The number of benzene rings is 1. The second-order valence-corrected chi connectivity index (χ2v) is 7.53. The number of hydrogen-bond acceptors (Lipinski definition) is 4. The van der Waals surface area contributed by atoms with Gasteiger partial charge in [-0.05, 0) is 58.4 Å². The zero-order valence-corrected chi connectivity index (χ0v) is 14.8. The number of likely N-dealkylation sites (tertiary alicyclic amines) is 1. The number of amides is 1. The number of halogens is 1. The summed E-state index contributed by atoms with van der Waals surface area (Å²) >= 11 is 5.86. The van der Waals surface area contributed by atoms with Crippen LogP contribution in [0.1, 0.15) is 34.1 Å². The zero-order chi connectivity index (χ0) is 17.3. The molecule has 23 heavy (non-hydrogen) atoms. The molecule has 0 aliphatic carbocycles. The van der Waals surface area contributed by atoms with Crippen LogP contribution in [0.5, 0.6) is 5.75 Å². The van der Waals surface area contributed by atoms with Crippen molar-refractivity contribution in [2.24, 2.45) is 0 Å². The van der Waals surface area contributed by atoms with Gasteiger partial charge in [0.05, 0.1) is 6.54 Å². The molecular weight excluding hydrogens is 318 g/mol. The first-order chi connectivity index (χ1) is 10.6. The molecule has 6 heteroatoms. The van der Waals surface area contributed by atoms with Gasteiger partial charge in [-0.15, -0.1) is 0 Å². The van der Waals surface area contributed by atoms with Gasteiger partial charge < -0.3 is 19.5 Å². The van der Waals surface area contributed by atoms with Crippen molar-refractivity contribution in [3.05, 3.63) is 29.3 Å². The molecule has 0 spiro atoms. The van der Waals surface area contributed by atoms with Crippen molar-refractivity contribution in [1.29, 1.82) is 0 Å². The highest BCUT2D eigenvalue weighted by Crippen LogP contribution is 2.28. The van der Waals surface area contributed by atoms with E-state index in [9.17, 15) is 9.90 Å². The predicted molar refractivity (Wildman–Crippen MR) is 88.9 cm³/mol. The van der Waals surface area contributed by atoms with Gasteiger partial charge in [0.15, 0.2) is 0 Å². The molecule has 1 aromatic carbocycles. The summed E-state index contributed by atoms with van der Waals surface area (Å²) in [6.07, 6.45) is -0.507. The highest BCUT2D eigenvalue weighted by atomic mass is 35.5. The van der Waals surface area contributed by atoms with E-state index < -0.39 is 23.4 Å². The number of nitrogens with zero attached hydrogens (tertiary/aromatic N) is 1. The van der Waals surface area contributed by atoms with Gasteiger partial charge in [-0.1, -0.05) is 11.6 Å². The maximum absolute atomic E-state index is 12.2. The Morgan fingerprint density at radius 3 is 2.52 bits per heavy atom. The van der Waals surface area contributed by atoms with Crippen LogP contribution in [-0.4, -0.2) is 46.5 Å². The highest BCUT2D eigenvalue weighted by Gasteiger charge is 2.41. The van der Waals surface area contributed by atoms with Gasteiger partial charge >= 0.3 is 6.09 Å². The topological polar surface area (TPSA) is 59.0 Å². The van der Waals surface area contributed by atoms with Gasteiger partial charge in [-0.3, -0.25) is 0 Å². The Hall–Kier alpha value is -1.46. The third-order valence-corrected chi connectivity index (χ3v) is 3.96. The van der Waals surface area contributed by atoms with E-state index in [0.717, 1.165) is 0 Å². The smallest absolute Gasteiger partial charge is 0.410 e. The van der Waals surface area contributed by atoms with Crippen LogP contribution in [0.25, 0.3) is 0 Å². The molecule has 128 valence electrons. The summed E-state index contributed by atoms with van der Waals surface area (Å²) in [6.45, 7) is 7.90. The highest BCUT2D eigenvalue weighted by molar-refractivity contribution is 6.30. The molecule has 1 aliphatic rings. The lowest BCUT2D eigenvalue weighted by atomic mass is 9.90. The van der Waals surface area contributed by atoms with Crippen LogP contribution < -0.4 is 4.74 Å². The van der Waals surface area contributed by atoms with Crippen molar-refractivity contribution >= 4 is 17.7 Å². The monoisotopic (exact) mass is 341 g/mol. The molecule has 2 rings (SSSR count). The minimum Gasteiger partial charge on any atom is -0.486 e. The SMILES string of the molecule is CC(C)(C)OC(=O)N1CC[C@@](C)(O)[C@@H](Oc2ccc(Cl)cc2)C1. The predicted octanol–water partition coefficient (Wildman–Crippen LogP) is 3.48. The summed E-state index contributed by atoms with van der Waals surface area (Å²) < 4.78 is 11.3. The lowest BCUT2D eigenvalue weighted by Gasteiger charge is -2.42. The van der Waals surface area contributed by atoms with Crippen LogP contribution in [0.4, 0.5) is 4.79 Å². The zero-order valence-electron chi connectivity index (χ0n) is 14.0. The van der Waals surface area contributed by atoms with Crippen molar-refractivity contribution in [1.82, 2.24) is 4.90 Å². The van der Waals surface area contributed by atoms with E-state index in [1.165, 1.54) is 0 Å². The van der Waals surface area contributed by atoms with Crippen molar-refractivity contribution in [3.8, 4) is 5.75 Å². The summed E-state index contributed by atoms with van der Waals surface area (Å²) in [5.41, 5.74) is -1.57. The van der Waals surface area contributed by atoms with Crippen LogP contribution in [0.15, 0.2) is 24.3 Å². The van der Waals surface area contributed by atoms with E-state index >= 15 is 0 Å². The second kappa shape index (κ2) is 6.57. The van der Waals surface area contributed by atoms with Gasteiger partial charge in [0.2, 0.25) is 0 Å². The van der Waals surface area contributed by atoms with Crippen LogP contribution in [0.2, 0.25) is 5.02 Å². The molecule has 1 aliphatic heterocycles. The van der Waals surface area contributed by atoms with Crippen LogP contribution in [-0.2, 0) is 4.74 Å². The molecular formula is C17H24ClNO4. The number of aliphatic hydroxyl groups is 1. The first-order valence-electron chi connectivity index (χ1n) is 7.69. The maximum atomic E-state index is 12.2. The number of ether oxygens (including phenoxy) is 2. The quantitative estimate of drug-likeness (QED) is 0.894. The van der Waals surface area contributed by atoms with Crippen molar-refractivity contribution in [3.63, 3.8) is 0 Å². The Morgan fingerprint density at radius 1 is 1.35 bits per heavy atom. The fourth-order valence-electron chi connectivity index (χ4n) is 2.34. The Labute approximate surface area is 142 Å². The number of carbonyl (C=O) groups excluding carboxylic acids is 1. The van der Waals surface area contributed by atoms with Gasteiger partial charge in [-0.25, -0.2) is 4.79 Å². The Morgan fingerprint density at radius 2 is 1.96 bits per heavy atom. The van der Waals surface area contributed by atoms with Crippen molar-refractivity contribution in [2.75, 3.05) is 13.1 Å². The van der Waals surface area contributed by atoms with E-state index in [1.54, 1.807) is 36.1 Å². The minimum atomic E-state index is -1.02. The van der Waals surface area contributed by atoms with E-state index in [-0.39, 0.29) is 6.54 Å². The Bertz CT molecular complexity index is 551. The largest absolute Gasteiger partial charge is 0.486 e. The molecule has 1 fully saturated rings. The van der Waals surface area contributed by atoms with Crippen molar-refractivity contribution in [2.45, 2.75) is 51.4 Å². The molecule has 0 unspecified atom stereocenters. The first-order valence-corrected chi connectivity index (χ1v) is 8.07. The first kappa shape index (κ1) is 17.9. The van der Waals surface area contributed by atoms with Gasteiger partial charge in [0.25, 0.3) is 0 Å². The Kier molecular flexibility index (Phi) is 5.11. The Balaban J connectivity index is 2.07. The molecule has 1 N–H and O–H groups in total. The van der Waals surface area contributed by atoms with Crippen molar-refractivity contribution < 1.29 is 19.4 Å². The van der Waals surface area contributed by atoms with E-state index in [2.05, 4.69) is 0 Å². The number of hydrogen-bond donors (Lipinski definition) is 1. The number of rotatable bonds is 2. The fourth-order valence-corrected chi connectivity index (χ4v) is 2.47. The molecule has 0 radical (unpaired) electrons. The van der Waals surface area contributed by atoms with E-state index in [1.807, 2.05) is 20.8 Å². The molecule has 1 saturated heterocycles. The van der Waals surface area contributed by atoms with E-state index in [4.69, 9.17) is 21.1 Å². The van der Waals surface area contributed by atoms with Crippen LogP contribution in [0.3, 0.4) is 0 Å². The summed E-state index contributed by atoms with van der Waals surface area (Å²) in [7, 11) is 0. The minimum absolute atomic E-state index is 0.268. The van der Waals surface area contributed by atoms with Crippen LogP contribution >= 0.6 is 11.6 Å². The summed E-state index contributed by atoms with van der Waals surface area (Å²) in [5.74, 6) is 0.603. The van der Waals surface area contributed by atoms with E-state index in [0.29, 0.717) is 23.7 Å². The summed E-state index contributed by atoms with van der Waals surface area (Å²) in [6, 6.07) is 6.93. The molecule has 1 amide bonds. The molecule has 1 heterocycles. The molecule has 2 atom stereocenters. The average Bonchev–Trinajstić information content (AvgIpc) is 2.41. The standard InChI is InChI=1S/C17H24ClNO4/c1-16(2,3)23-15(20)19-10-9-17(4,21)14(11-19)22-13-7-5-12(18)6-8-13/h5-8,14,21H,9-11H2,1-4H3/t14-,17+/m0/s1. The average molecular weight is 342 g/mol. The van der Waals surface area contributed by atoms with Gasteiger partial charge in [-0.2, -0.15) is 0 Å². The maximum Gasteiger partial charge on any atom is 0.410 e. The summed E-state index contributed by atoms with van der Waals surface area (Å²) in [4.78, 5) is 13.8. The molecule has 5 nitrogen and oxygen atoms in total. The normalized spacial score (nSPS) is 25.1. The molecule has 0 saturated carbocycles.